The van der Waals surface area contributed by atoms with Crippen LogP contribution < -0.4 is 10.6 Å². The monoisotopic (exact) mass is 544 g/mol. The Morgan fingerprint density at radius 1 is 0.886 bits per heavy atom. The van der Waals surface area contributed by atoms with E-state index in [1.807, 2.05) is 0 Å². The average molecular weight is 546 g/mol. The van der Waals surface area contributed by atoms with Crippen molar-refractivity contribution in [2.24, 2.45) is 5.92 Å². The van der Waals surface area contributed by atoms with Gasteiger partial charge in [-0.15, -0.1) is 23.2 Å². The zero-order valence-corrected chi connectivity index (χ0v) is 20.0. The number of carbonyl (C=O) groups is 2. The lowest BCUT2D eigenvalue weighted by atomic mass is 10.1. The van der Waals surface area contributed by atoms with Crippen molar-refractivity contribution >= 4 is 58.0 Å². The minimum absolute atomic E-state index is 0.0581. The highest BCUT2D eigenvalue weighted by Crippen LogP contribution is 2.65. The lowest BCUT2D eigenvalue weighted by Gasteiger charge is -2.12. The summed E-state index contributed by atoms with van der Waals surface area (Å²) < 4.78 is 53.5. The van der Waals surface area contributed by atoms with E-state index in [9.17, 15) is 27.2 Å². The van der Waals surface area contributed by atoms with E-state index < -0.39 is 51.3 Å². The van der Waals surface area contributed by atoms with Crippen LogP contribution in [0.25, 0.3) is 0 Å². The summed E-state index contributed by atoms with van der Waals surface area (Å²) in [6.07, 6.45) is 0. The van der Waals surface area contributed by atoms with Gasteiger partial charge in [-0.25, -0.2) is 17.6 Å². The third kappa shape index (κ3) is 4.96. The first kappa shape index (κ1) is 25.3. The van der Waals surface area contributed by atoms with Gasteiger partial charge < -0.3 is 10.6 Å². The Hall–Kier alpha value is -2.81. The molecule has 3 aromatic carbocycles. The van der Waals surface area contributed by atoms with Crippen LogP contribution in [0, 0.1) is 36.1 Å². The van der Waals surface area contributed by atoms with E-state index in [1.54, 1.807) is 0 Å². The smallest absolute Gasteiger partial charge is 0.256 e. The van der Waals surface area contributed by atoms with Crippen molar-refractivity contribution in [3.8, 4) is 0 Å². The van der Waals surface area contributed by atoms with Crippen LogP contribution in [0.5, 0.6) is 0 Å². The van der Waals surface area contributed by atoms with Gasteiger partial charge in [0.05, 0.1) is 16.6 Å². The van der Waals surface area contributed by atoms with Crippen molar-refractivity contribution < 1.29 is 27.2 Å². The van der Waals surface area contributed by atoms with Crippen LogP contribution >= 0.6 is 34.8 Å². The highest BCUT2D eigenvalue weighted by Gasteiger charge is 2.67. The molecule has 1 fully saturated rings. The molecular formula is C24H15Cl3F4N2O2. The molecule has 0 bridgehead atoms. The SMILES string of the molecule is Cc1c(F)cc(NC(=O)C2C(c3ccc(F)c(Cl)c3)C2(Cl)Cl)cc1C(=O)Nc1ccc(F)cc1F. The molecule has 0 spiro atoms. The van der Waals surface area contributed by atoms with Crippen molar-refractivity contribution in [1.29, 1.82) is 0 Å². The molecule has 0 heterocycles. The fourth-order valence-electron chi connectivity index (χ4n) is 3.76. The predicted molar refractivity (Wildman–Crippen MR) is 126 cm³/mol. The first-order valence-corrected chi connectivity index (χ1v) is 11.2. The Balaban J connectivity index is 1.55. The van der Waals surface area contributed by atoms with E-state index in [4.69, 9.17) is 34.8 Å². The maximum Gasteiger partial charge on any atom is 0.256 e. The van der Waals surface area contributed by atoms with Crippen LogP contribution in [0.3, 0.4) is 0 Å². The minimum Gasteiger partial charge on any atom is -0.326 e. The molecule has 182 valence electrons. The number of alkyl halides is 2. The standard InChI is InChI=1S/C24H15Cl3F4N2O2/c1-10-14(22(34)33-19-5-3-12(28)7-18(19)31)8-13(9-17(10)30)32-23(35)21-20(24(21,26)27)11-2-4-16(29)15(25)6-11/h2-9,20-21H,1H3,(H,32,35)(H,33,34). The second-order valence-electron chi connectivity index (χ2n) is 8.00. The molecule has 1 saturated carbocycles. The third-order valence-electron chi connectivity index (χ3n) is 5.67. The van der Waals surface area contributed by atoms with Crippen LogP contribution in [0.15, 0.2) is 48.5 Å². The van der Waals surface area contributed by atoms with Gasteiger partial charge in [0, 0.05) is 23.2 Å². The Kier molecular flexibility index (Phi) is 6.74. The molecule has 11 heteroatoms. The van der Waals surface area contributed by atoms with Crippen LogP contribution in [-0.2, 0) is 4.79 Å². The molecule has 0 saturated heterocycles. The first-order valence-electron chi connectivity index (χ1n) is 10.1. The van der Waals surface area contributed by atoms with Crippen molar-refractivity contribution in [2.75, 3.05) is 10.6 Å². The number of anilines is 2. The summed E-state index contributed by atoms with van der Waals surface area (Å²) in [5, 5.41) is 4.56. The third-order valence-corrected chi connectivity index (χ3v) is 6.90. The van der Waals surface area contributed by atoms with E-state index in [2.05, 4.69) is 10.6 Å². The summed E-state index contributed by atoms with van der Waals surface area (Å²) in [4.78, 5) is 25.5. The van der Waals surface area contributed by atoms with Gasteiger partial charge in [-0.05, 0) is 54.4 Å². The van der Waals surface area contributed by atoms with Gasteiger partial charge >= 0.3 is 0 Å². The quantitative estimate of drug-likeness (QED) is 0.268. The van der Waals surface area contributed by atoms with Gasteiger partial charge in [0.1, 0.15) is 27.6 Å². The zero-order chi connectivity index (χ0) is 25.7. The topological polar surface area (TPSA) is 58.2 Å². The number of halogens is 7. The molecule has 1 aliphatic rings. The number of amides is 2. The van der Waals surface area contributed by atoms with E-state index in [1.165, 1.54) is 25.1 Å². The Morgan fingerprint density at radius 2 is 1.60 bits per heavy atom. The molecule has 4 nitrogen and oxygen atoms in total. The summed E-state index contributed by atoms with van der Waals surface area (Å²) in [6, 6.07) is 8.60. The van der Waals surface area contributed by atoms with Gasteiger partial charge in [0.15, 0.2) is 0 Å². The van der Waals surface area contributed by atoms with Crippen LogP contribution in [0.1, 0.15) is 27.4 Å². The summed E-state index contributed by atoms with van der Waals surface area (Å²) in [7, 11) is 0. The van der Waals surface area contributed by atoms with Gasteiger partial charge in [-0.1, -0.05) is 17.7 Å². The Morgan fingerprint density at radius 3 is 2.26 bits per heavy atom. The Labute approximate surface area is 212 Å². The average Bonchev–Trinajstić information content (AvgIpc) is 3.36. The van der Waals surface area contributed by atoms with Crippen molar-refractivity contribution in [3.05, 3.63) is 93.5 Å². The largest absolute Gasteiger partial charge is 0.326 e. The zero-order valence-electron chi connectivity index (χ0n) is 17.7. The summed E-state index contributed by atoms with van der Waals surface area (Å²) in [5.74, 6) is -6.52. The lowest BCUT2D eigenvalue weighted by molar-refractivity contribution is -0.117. The fourth-order valence-corrected chi connectivity index (χ4v) is 4.78. The number of nitrogens with one attached hydrogen (secondary N) is 2. The van der Waals surface area contributed by atoms with Gasteiger partial charge in [0.25, 0.3) is 5.91 Å². The molecule has 0 aliphatic heterocycles. The lowest BCUT2D eigenvalue weighted by Crippen LogP contribution is -2.19. The summed E-state index contributed by atoms with van der Waals surface area (Å²) in [5.41, 5.74) is -0.187. The molecule has 4 rings (SSSR count). The van der Waals surface area contributed by atoms with Gasteiger partial charge in [-0.2, -0.15) is 0 Å². The maximum absolute atomic E-state index is 14.6. The second kappa shape index (κ2) is 9.33. The van der Waals surface area contributed by atoms with E-state index >= 15 is 0 Å². The number of hydrogen-bond acceptors (Lipinski definition) is 2. The molecule has 0 aromatic heterocycles. The molecule has 3 aromatic rings. The van der Waals surface area contributed by atoms with Crippen molar-refractivity contribution in [2.45, 2.75) is 17.2 Å². The van der Waals surface area contributed by atoms with Crippen LogP contribution in [0.4, 0.5) is 28.9 Å². The molecule has 2 unspecified atom stereocenters. The molecule has 2 atom stereocenters. The summed E-state index contributed by atoms with van der Waals surface area (Å²) >= 11 is 18.4. The van der Waals surface area contributed by atoms with Crippen molar-refractivity contribution in [1.82, 2.24) is 0 Å². The van der Waals surface area contributed by atoms with Crippen LogP contribution in [0.2, 0.25) is 5.02 Å². The fraction of sp³-hybridized carbons (Fsp3) is 0.167. The minimum atomic E-state index is -1.52. The number of carbonyl (C=O) groups excluding carboxylic acids is 2. The Bertz CT molecular complexity index is 1370. The molecule has 2 N–H and O–H groups in total. The predicted octanol–water partition coefficient (Wildman–Crippen LogP) is 6.98. The number of rotatable bonds is 5. The molecule has 0 radical (unpaired) electrons. The highest BCUT2D eigenvalue weighted by atomic mass is 35.5. The van der Waals surface area contributed by atoms with Gasteiger partial charge in [-0.3, -0.25) is 9.59 Å². The van der Waals surface area contributed by atoms with E-state index in [-0.39, 0.29) is 27.5 Å². The number of benzene rings is 3. The normalized spacial score (nSPS) is 18.2. The van der Waals surface area contributed by atoms with E-state index in [0.717, 1.165) is 24.3 Å². The van der Waals surface area contributed by atoms with Gasteiger partial charge in [0.2, 0.25) is 5.91 Å². The van der Waals surface area contributed by atoms with E-state index in [0.29, 0.717) is 11.6 Å². The molecule has 35 heavy (non-hydrogen) atoms. The maximum atomic E-state index is 14.6. The van der Waals surface area contributed by atoms with Crippen LogP contribution in [-0.4, -0.2) is 16.1 Å². The molecule has 1 aliphatic carbocycles. The number of hydrogen-bond donors (Lipinski definition) is 2. The highest BCUT2D eigenvalue weighted by molar-refractivity contribution is 6.53. The first-order chi connectivity index (χ1) is 16.4. The molecular weight excluding hydrogens is 531 g/mol. The summed E-state index contributed by atoms with van der Waals surface area (Å²) in [6.45, 7) is 1.33. The second-order valence-corrected chi connectivity index (χ2v) is 9.85. The van der Waals surface area contributed by atoms with Crippen molar-refractivity contribution in [3.63, 3.8) is 0 Å². The molecule has 2 amide bonds.